The highest BCUT2D eigenvalue weighted by Crippen LogP contribution is 2.34. The fourth-order valence-corrected chi connectivity index (χ4v) is 3.51. The van der Waals surface area contributed by atoms with Crippen LogP contribution in [0.2, 0.25) is 0 Å². The Balaban J connectivity index is 1.69. The molecule has 1 saturated carbocycles. The minimum atomic E-state index is -0.286. The van der Waals surface area contributed by atoms with Crippen LogP contribution in [0, 0.1) is 5.92 Å². The van der Waals surface area contributed by atoms with E-state index in [1.807, 2.05) is 6.07 Å². The third-order valence-corrected chi connectivity index (χ3v) is 4.88. The van der Waals surface area contributed by atoms with Crippen molar-refractivity contribution in [2.45, 2.75) is 38.1 Å². The zero-order chi connectivity index (χ0) is 17.1. The van der Waals surface area contributed by atoms with Crippen molar-refractivity contribution in [1.29, 1.82) is 0 Å². The predicted molar refractivity (Wildman–Crippen MR) is 90.4 cm³/mol. The van der Waals surface area contributed by atoms with Crippen LogP contribution in [-0.4, -0.2) is 38.6 Å². The molecule has 1 aromatic rings. The van der Waals surface area contributed by atoms with Crippen LogP contribution in [0.15, 0.2) is 18.2 Å². The summed E-state index contributed by atoms with van der Waals surface area (Å²) in [6.45, 7) is 0.410. The average molecular weight is 332 g/mol. The third-order valence-electron chi connectivity index (χ3n) is 4.88. The number of rotatable bonds is 5. The van der Waals surface area contributed by atoms with Crippen molar-refractivity contribution in [3.05, 3.63) is 18.2 Å². The van der Waals surface area contributed by atoms with Crippen molar-refractivity contribution in [2.75, 3.05) is 25.7 Å². The van der Waals surface area contributed by atoms with Gasteiger partial charge in [-0.05, 0) is 25.0 Å². The Morgan fingerprint density at radius 1 is 1.17 bits per heavy atom. The molecule has 0 spiro atoms. The Kier molecular flexibility index (Phi) is 4.92. The number of nitrogens with zero attached hydrogens (tertiary/aromatic N) is 1. The highest BCUT2D eigenvalue weighted by molar-refractivity contribution is 6.00. The van der Waals surface area contributed by atoms with Gasteiger partial charge in [-0.2, -0.15) is 0 Å². The third kappa shape index (κ3) is 3.32. The van der Waals surface area contributed by atoms with Crippen molar-refractivity contribution >= 4 is 17.5 Å². The van der Waals surface area contributed by atoms with Crippen LogP contribution in [0.1, 0.15) is 32.1 Å². The van der Waals surface area contributed by atoms with Gasteiger partial charge in [0.05, 0.1) is 20.1 Å². The number of carbonyl (C=O) groups is 2. The standard InChI is InChI=1S/C18H24N2O4/c1-23-15-8-7-14(10-16(15)24-2)20-11-12(9-17(20)21)18(22)19-13-5-3-4-6-13/h7-8,10,12-13H,3-6,9,11H2,1-2H3,(H,19,22). The fraction of sp³-hybridized carbons (Fsp3) is 0.556. The second-order valence-corrected chi connectivity index (χ2v) is 6.43. The van der Waals surface area contributed by atoms with Gasteiger partial charge in [0.25, 0.3) is 0 Å². The summed E-state index contributed by atoms with van der Waals surface area (Å²) in [6.07, 6.45) is 4.70. The summed E-state index contributed by atoms with van der Waals surface area (Å²) in [6, 6.07) is 5.64. The van der Waals surface area contributed by atoms with Crippen molar-refractivity contribution < 1.29 is 19.1 Å². The van der Waals surface area contributed by atoms with Crippen molar-refractivity contribution in [2.24, 2.45) is 5.92 Å². The molecule has 2 aliphatic rings. The summed E-state index contributed by atoms with van der Waals surface area (Å²) in [7, 11) is 3.13. The van der Waals surface area contributed by atoms with E-state index < -0.39 is 0 Å². The molecule has 1 aliphatic carbocycles. The molecular weight excluding hydrogens is 308 g/mol. The van der Waals surface area contributed by atoms with Crippen LogP contribution in [0.4, 0.5) is 5.69 Å². The van der Waals surface area contributed by atoms with Crippen LogP contribution >= 0.6 is 0 Å². The van der Waals surface area contributed by atoms with Gasteiger partial charge in [-0.1, -0.05) is 12.8 Å². The molecule has 1 N–H and O–H groups in total. The van der Waals surface area contributed by atoms with E-state index in [4.69, 9.17) is 9.47 Å². The molecule has 6 heteroatoms. The van der Waals surface area contributed by atoms with Crippen molar-refractivity contribution in [1.82, 2.24) is 5.32 Å². The highest BCUT2D eigenvalue weighted by atomic mass is 16.5. The number of amides is 2. The second kappa shape index (κ2) is 7.11. The lowest BCUT2D eigenvalue weighted by Gasteiger charge is -2.19. The summed E-state index contributed by atoms with van der Waals surface area (Å²) >= 11 is 0. The number of hydrogen-bond acceptors (Lipinski definition) is 4. The van der Waals surface area contributed by atoms with Crippen LogP contribution in [0.3, 0.4) is 0 Å². The van der Waals surface area contributed by atoms with Gasteiger partial charge < -0.3 is 19.7 Å². The minimum absolute atomic E-state index is 0.00164. The van der Waals surface area contributed by atoms with E-state index in [9.17, 15) is 9.59 Å². The number of carbonyl (C=O) groups excluding carboxylic acids is 2. The van der Waals surface area contributed by atoms with Crippen LogP contribution in [-0.2, 0) is 9.59 Å². The molecule has 0 aromatic heterocycles. The van der Waals surface area contributed by atoms with E-state index in [0.29, 0.717) is 18.0 Å². The molecule has 6 nitrogen and oxygen atoms in total. The molecular formula is C18H24N2O4. The molecule has 1 atom stereocenters. The molecule has 0 bridgehead atoms. The summed E-state index contributed by atoms with van der Waals surface area (Å²) in [4.78, 5) is 26.4. The summed E-state index contributed by atoms with van der Waals surface area (Å²) in [5.41, 5.74) is 0.730. The maximum absolute atomic E-state index is 12.4. The molecule has 1 aromatic carbocycles. The zero-order valence-corrected chi connectivity index (χ0v) is 14.2. The van der Waals surface area contributed by atoms with Gasteiger partial charge >= 0.3 is 0 Å². The van der Waals surface area contributed by atoms with E-state index in [-0.39, 0.29) is 30.2 Å². The van der Waals surface area contributed by atoms with Gasteiger partial charge in [0.15, 0.2) is 11.5 Å². The van der Waals surface area contributed by atoms with E-state index in [0.717, 1.165) is 18.5 Å². The molecule has 1 aliphatic heterocycles. The molecule has 130 valence electrons. The van der Waals surface area contributed by atoms with Gasteiger partial charge in [-0.25, -0.2) is 0 Å². The topological polar surface area (TPSA) is 67.9 Å². The highest BCUT2D eigenvalue weighted by Gasteiger charge is 2.36. The van der Waals surface area contributed by atoms with Crippen LogP contribution < -0.4 is 19.7 Å². The second-order valence-electron chi connectivity index (χ2n) is 6.43. The Morgan fingerprint density at radius 2 is 1.88 bits per heavy atom. The van der Waals surface area contributed by atoms with E-state index >= 15 is 0 Å². The van der Waals surface area contributed by atoms with Gasteiger partial charge in [0.1, 0.15) is 0 Å². The Morgan fingerprint density at radius 3 is 2.54 bits per heavy atom. The fourth-order valence-electron chi connectivity index (χ4n) is 3.51. The number of anilines is 1. The Bertz CT molecular complexity index is 625. The molecule has 1 unspecified atom stereocenters. The first kappa shape index (κ1) is 16.6. The summed E-state index contributed by atoms with van der Waals surface area (Å²) in [5, 5.41) is 3.09. The average Bonchev–Trinajstić information content (AvgIpc) is 3.23. The SMILES string of the molecule is COc1ccc(N2CC(C(=O)NC3CCCC3)CC2=O)cc1OC. The number of ether oxygens (including phenoxy) is 2. The number of benzene rings is 1. The summed E-state index contributed by atoms with van der Waals surface area (Å²) < 4.78 is 10.5. The number of hydrogen-bond donors (Lipinski definition) is 1. The quantitative estimate of drug-likeness (QED) is 0.897. The first-order valence-electron chi connectivity index (χ1n) is 8.45. The zero-order valence-electron chi connectivity index (χ0n) is 14.2. The maximum Gasteiger partial charge on any atom is 0.227 e. The maximum atomic E-state index is 12.4. The first-order chi connectivity index (χ1) is 11.6. The van der Waals surface area contributed by atoms with E-state index in [1.165, 1.54) is 12.8 Å². The Labute approximate surface area is 142 Å². The monoisotopic (exact) mass is 332 g/mol. The smallest absolute Gasteiger partial charge is 0.227 e. The van der Waals surface area contributed by atoms with Crippen LogP contribution in [0.25, 0.3) is 0 Å². The van der Waals surface area contributed by atoms with Gasteiger partial charge in [-0.15, -0.1) is 0 Å². The van der Waals surface area contributed by atoms with Gasteiger partial charge in [0.2, 0.25) is 11.8 Å². The molecule has 1 saturated heterocycles. The lowest BCUT2D eigenvalue weighted by atomic mass is 10.1. The lowest BCUT2D eigenvalue weighted by Crippen LogP contribution is -2.38. The summed E-state index contributed by atoms with van der Waals surface area (Å²) in [5.74, 6) is 0.864. The van der Waals surface area contributed by atoms with Crippen molar-refractivity contribution in [3.63, 3.8) is 0 Å². The molecule has 1 heterocycles. The van der Waals surface area contributed by atoms with Crippen LogP contribution in [0.5, 0.6) is 11.5 Å². The molecule has 2 amide bonds. The number of methoxy groups -OCH3 is 2. The van der Waals surface area contributed by atoms with E-state index in [1.54, 1.807) is 31.3 Å². The van der Waals surface area contributed by atoms with Crippen molar-refractivity contribution in [3.8, 4) is 11.5 Å². The minimum Gasteiger partial charge on any atom is -0.493 e. The molecule has 3 rings (SSSR count). The molecule has 24 heavy (non-hydrogen) atoms. The Hall–Kier alpha value is -2.24. The van der Waals surface area contributed by atoms with E-state index in [2.05, 4.69) is 5.32 Å². The lowest BCUT2D eigenvalue weighted by molar-refractivity contribution is -0.126. The molecule has 2 fully saturated rings. The molecule has 0 radical (unpaired) electrons. The van der Waals surface area contributed by atoms with Gasteiger partial charge in [0, 0.05) is 30.8 Å². The number of nitrogens with one attached hydrogen (secondary N) is 1. The predicted octanol–water partition coefficient (Wildman–Crippen LogP) is 2.12. The van der Waals surface area contributed by atoms with Gasteiger partial charge in [-0.3, -0.25) is 9.59 Å². The largest absolute Gasteiger partial charge is 0.493 e. The normalized spacial score (nSPS) is 21.2. The first-order valence-corrected chi connectivity index (χ1v) is 8.45.